The number of anilines is 1. The number of aromatic nitrogens is 2. The van der Waals surface area contributed by atoms with E-state index in [4.69, 9.17) is 19.6 Å². The number of hydrogen-bond acceptors (Lipinski definition) is 10. The second kappa shape index (κ2) is 14.5. The second-order valence-corrected chi connectivity index (χ2v) is 12.9. The van der Waals surface area contributed by atoms with Gasteiger partial charge < -0.3 is 30.0 Å². The van der Waals surface area contributed by atoms with E-state index in [0.717, 1.165) is 16.7 Å². The molecule has 0 aliphatic rings. The predicted octanol–water partition coefficient (Wildman–Crippen LogP) is 3.85. The predicted molar refractivity (Wildman–Crippen MR) is 166 cm³/mol. The summed E-state index contributed by atoms with van der Waals surface area (Å²) in [5, 5.41) is 14.1. The number of hydrogen-bond donors (Lipinski definition) is 3. The average Bonchev–Trinajstić information content (AvgIpc) is 3.35. The fourth-order valence-corrected chi connectivity index (χ4v) is 6.42. The Morgan fingerprint density at radius 1 is 1.07 bits per heavy atom. The number of pyridine rings is 1. The lowest BCUT2D eigenvalue weighted by Gasteiger charge is -2.30. The van der Waals surface area contributed by atoms with Crippen molar-refractivity contribution < 1.29 is 32.2 Å². The van der Waals surface area contributed by atoms with Gasteiger partial charge in [0.1, 0.15) is 24.5 Å². The summed E-state index contributed by atoms with van der Waals surface area (Å²) in [4.78, 5) is 20.9. The fraction of sp³-hybridized carbons (Fsp3) is 0.387. The van der Waals surface area contributed by atoms with Crippen LogP contribution >= 0.6 is 0 Å². The number of rotatable bonds is 14. The van der Waals surface area contributed by atoms with E-state index in [1.54, 1.807) is 12.4 Å². The van der Waals surface area contributed by atoms with Gasteiger partial charge in [0.15, 0.2) is 5.58 Å². The maximum atomic E-state index is 13.8. The summed E-state index contributed by atoms with van der Waals surface area (Å²) in [6, 6.07) is 12.6. The highest BCUT2D eigenvalue weighted by Gasteiger charge is 2.32. The van der Waals surface area contributed by atoms with Crippen molar-refractivity contribution in [3.8, 4) is 5.75 Å². The monoisotopic (exact) mass is 625 g/mol. The van der Waals surface area contributed by atoms with Gasteiger partial charge in [-0.2, -0.15) is 9.29 Å². The molecule has 0 fully saturated rings. The average molecular weight is 626 g/mol. The highest BCUT2D eigenvalue weighted by Crippen LogP contribution is 2.25. The lowest BCUT2D eigenvalue weighted by atomic mass is 10.0. The number of nitrogens with one attached hydrogen (secondary N) is 1. The zero-order valence-electron chi connectivity index (χ0n) is 25.3. The maximum Gasteiger partial charge on any atom is 0.407 e. The van der Waals surface area contributed by atoms with Gasteiger partial charge >= 0.3 is 6.09 Å². The van der Waals surface area contributed by atoms with Crippen molar-refractivity contribution in [1.29, 1.82) is 0 Å². The molecule has 0 saturated heterocycles. The third kappa shape index (κ3) is 8.46. The fourth-order valence-electron chi connectivity index (χ4n) is 4.79. The highest BCUT2D eigenvalue weighted by molar-refractivity contribution is 7.89. The number of carbonyl (C=O) groups is 1. The normalized spacial score (nSPS) is 13.2. The van der Waals surface area contributed by atoms with Crippen molar-refractivity contribution in [1.82, 2.24) is 19.6 Å². The van der Waals surface area contributed by atoms with E-state index >= 15 is 0 Å². The Hall–Kier alpha value is -4.20. The summed E-state index contributed by atoms with van der Waals surface area (Å²) in [6.45, 7) is 7.44. The molecule has 0 unspecified atom stereocenters. The molecule has 0 bridgehead atoms. The standard InChI is InChI=1S/C31H39N5O7S/c1-20(2)18-36(44(39,40)24-10-11-25-28(15-24)43-30(32)34-25)19-27(37)26(14-23-8-6-5-7-9-23)35-31(38)42-13-12-41-29-21(3)16-33-17-22(29)4/h5-11,15-17,20,26-27,37H,12-14,18-19H2,1-4H3,(H2,32,34)(H,35,38)/t26-,27+/m0/s1. The first-order chi connectivity index (χ1) is 20.9. The first-order valence-electron chi connectivity index (χ1n) is 14.3. The van der Waals surface area contributed by atoms with E-state index in [9.17, 15) is 18.3 Å². The van der Waals surface area contributed by atoms with Gasteiger partial charge in [-0.3, -0.25) is 4.98 Å². The molecule has 4 N–H and O–H groups in total. The summed E-state index contributed by atoms with van der Waals surface area (Å²) in [6.07, 6.45) is 1.58. The Balaban J connectivity index is 1.47. The molecule has 0 radical (unpaired) electrons. The van der Waals surface area contributed by atoms with E-state index in [0.29, 0.717) is 11.3 Å². The highest BCUT2D eigenvalue weighted by atomic mass is 32.2. The van der Waals surface area contributed by atoms with Crippen LogP contribution in [0.1, 0.15) is 30.5 Å². The molecule has 2 atom stereocenters. The van der Waals surface area contributed by atoms with Gasteiger partial charge in [0.05, 0.1) is 17.0 Å². The van der Waals surface area contributed by atoms with Crippen molar-refractivity contribution in [2.45, 2.75) is 51.2 Å². The van der Waals surface area contributed by atoms with Gasteiger partial charge in [-0.25, -0.2) is 13.2 Å². The van der Waals surface area contributed by atoms with Gasteiger partial charge in [0.25, 0.3) is 6.01 Å². The molecule has 0 spiro atoms. The van der Waals surface area contributed by atoms with Crippen LogP contribution in [-0.2, 0) is 21.2 Å². The zero-order chi connectivity index (χ0) is 31.9. The second-order valence-electron chi connectivity index (χ2n) is 11.0. The largest absolute Gasteiger partial charge is 0.489 e. The number of sulfonamides is 1. The number of nitrogens with zero attached hydrogens (tertiary/aromatic N) is 3. The smallest absolute Gasteiger partial charge is 0.407 e. The van der Waals surface area contributed by atoms with E-state index in [2.05, 4.69) is 15.3 Å². The molecule has 2 aromatic heterocycles. The summed E-state index contributed by atoms with van der Waals surface area (Å²) in [5.74, 6) is 0.624. The van der Waals surface area contributed by atoms with Crippen LogP contribution < -0.4 is 15.8 Å². The number of ether oxygens (including phenoxy) is 2. The molecule has 13 heteroatoms. The lowest BCUT2D eigenvalue weighted by Crippen LogP contribution is -2.51. The number of alkyl carbamates (subject to hydrolysis) is 1. The number of carbonyl (C=O) groups excluding carboxylic acids is 1. The molecule has 2 heterocycles. The maximum absolute atomic E-state index is 13.8. The molecule has 1 amide bonds. The van der Waals surface area contributed by atoms with Crippen LogP contribution in [0.2, 0.25) is 0 Å². The molecule has 0 saturated carbocycles. The number of aryl methyl sites for hydroxylation is 2. The van der Waals surface area contributed by atoms with Gasteiger partial charge in [0.2, 0.25) is 10.0 Å². The molecule has 12 nitrogen and oxygen atoms in total. The third-order valence-corrected chi connectivity index (χ3v) is 8.68. The minimum Gasteiger partial charge on any atom is -0.489 e. The van der Waals surface area contributed by atoms with Crippen LogP contribution in [-0.4, -0.2) is 72.3 Å². The number of aliphatic hydroxyl groups is 1. The van der Waals surface area contributed by atoms with Crippen LogP contribution in [0.4, 0.5) is 10.8 Å². The number of benzene rings is 2. The van der Waals surface area contributed by atoms with E-state index in [-0.39, 0.29) is 55.1 Å². The van der Waals surface area contributed by atoms with Gasteiger partial charge in [-0.05, 0) is 43.9 Å². The number of amides is 1. The molecule has 44 heavy (non-hydrogen) atoms. The first kappa shape index (κ1) is 32.7. The molecule has 4 aromatic rings. The summed E-state index contributed by atoms with van der Waals surface area (Å²) < 4.78 is 45.2. The number of aliphatic hydroxyl groups excluding tert-OH is 1. The van der Waals surface area contributed by atoms with Crippen molar-refractivity contribution in [2.24, 2.45) is 5.92 Å². The Morgan fingerprint density at radius 2 is 1.77 bits per heavy atom. The van der Waals surface area contributed by atoms with Gasteiger partial charge in [-0.15, -0.1) is 0 Å². The van der Waals surface area contributed by atoms with Crippen LogP contribution in [0.25, 0.3) is 11.1 Å². The molecular formula is C31H39N5O7S. The minimum absolute atomic E-state index is 0.0272. The Bertz CT molecular complexity index is 1640. The Kier molecular flexibility index (Phi) is 10.8. The van der Waals surface area contributed by atoms with Gasteiger partial charge in [-0.1, -0.05) is 44.2 Å². The molecule has 0 aliphatic carbocycles. The molecule has 2 aromatic carbocycles. The van der Waals surface area contributed by atoms with Crippen LogP contribution in [0.5, 0.6) is 5.75 Å². The molecule has 4 rings (SSSR count). The summed E-state index contributed by atoms with van der Waals surface area (Å²) >= 11 is 0. The zero-order valence-corrected chi connectivity index (χ0v) is 26.1. The van der Waals surface area contributed by atoms with E-state index in [1.807, 2.05) is 58.0 Å². The van der Waals surface area contributed by atoms with E-state index < -0.39 is 28.3 Å². The van der Waals surface area contributed by atoms with Crippen molar-refractivity contribution >= 4 is 33.2 Å². The van der Waals surface area contributed by atoms with Gasteiger partial charge in [0, 0.05) is 42.7 Å². The van der Waals surface area contributed by atoms with Crippen molar-refractivity contribution in [3.05, 3.63) is 77.6 Å². The number of oxazole rings is 1. The molecule has 236 valence electrons. The lowest BCUT2D eigenvalue weighted by molar-refractivity contribution is 0.0844. The van der Waals surface area contributed by atoms with Crippen LogP contribution in [0.15, 0.2) is 70.2 Å². The number of nitrogens with two attached hydrogens (primary N) is 1. The SMILES string of the molecule is Cc1cncc(C)c1OCCOC(=O)N[C@@H](Cc1ccccc1)[C@H](O)CN(CC(C)C)S(=O)(=O)c1ccc2nc(N)oc2c1. The quantitative estimate of drug-likeness (QED) is 0.175. The first-order valence-corrected chi connectivity index (χ1v) is 15.7. The topological polar surface area (TPSA) is 170 Å². The molecule has 0 aliphatic heterocycles. The van der Waals surface area contributed by atoms with Crippen LogP contribution in [0, 0.1) is 19.8 Å². The number of fused-ring (bicyclic) bond motifs is 1. The Morgan fingerprint density at radius 3 is 2.45 bits per heavy atom. The minimum atomic E-state index is -4.08. The van der Waals surface area contributed by atoms with Crippen molar-refractivity contribution in [2.75, 3.05) is 32.0 Å². The summed E-state index contributed by atoms with van der Waals surface area (Å²) in [7, 11) is -4.08. The third-order valence-electron chi connectivity index (χ3n) is 6.86. The van der Waals surface area contributed by atoms with Crippen molar-refractivity contribution in [3.63, 3.8) is 0 Å². The van der Waals surface area contributed by atoms with E-state index in [1.165, 1.54) is 22.5 Å². The number of nitrogen functional groups attached to an aromatic ring is 1. The van der Waals surface area contributed by atoms with Crippen LogP contribution in [0.3, 0.4) is 0 Å². The summed E-state index contributed by atoms with van der Waals surface area (Å²) in [5.41, 5.74) is 8.87. The Labute approximate surface area is 257 Å². The molecular weight excluding hydrogens is 586 g/mol.